The number of fused-ring (bicyclic) bond motifs is 1. The number of carboxylic acids is 1. The Labute approximate surface area is 85.0 Å². The Bertz CT molecular complexity index is 447. The van der Waals surface area contributed by atoms with E-state index in [-0.39, 0.29) is 6.42 Å². The van der Waals surface area contributed by atoms with Gasteiger partial charge in [-0.2, -0.15) is 5.10 Å². The number of hydrogen-bond acceptors (Lipinski definition) is 5. The highest BCUT2D eigenvalue weighted by Gasteiger charge is 2.07. The van der Waals surface area contributed by atoms with Crippen LogP contribution in [0.15, 0.2) is 16.7 Å². The van der Waals surface area contributed by atoms with Crippen molar-refractivity contribution in [3.05, 3.63) is 18.2 Å². The molecule has 0 saturated heterocycles. The number of carbonyl (C=O) groups is 1. The molecule has 6 heteroatoms. The summed E-state index contributed by atoms with van der Waals surface area (Å²) < 4.78 is 5.27. The van der Waals surface area contributed by atoms with Crippen LogP contribution in [0.1, 0.15) is 18.7 Å². The Morgan fingerprint density at radius 2 is 2.40 bits per heavy atom. The molecule has 0 bridgehead atoms. The third kappa shape index (κ3) is 2.28. The molecule has 0 amide bonds. The van der Waals surface area contributed by atoms with Crippen LogP contribution in [0.3, 0.4) is 0 Å². The summed E-state index contributed by atoms with van der Waals surface area (Å²) >= 11 is 0. The predicted octanol–water partition coefficient (Wildman–Crippen LogP) is 1.03. The molecule has 2 heterocycles. The fraction of sp³-hybridized carbons (Fsp3) is 0.333. The normalized spacial score (nSPS) is 10.7. The third-order valence-corrected chi connectivity index (χ3v) is 1.91. The molecule has 2 rings (SSSR count). The van der Waals surface area contributed by atoms with Gasteiger partial charge < -0.3 is 9.52 Å². The van der Waals surface area contributed by atoms with Gasteiger partial charge >= 0.3 is 5.97 Å². The predicted molar refractivity (Wildman–Crippen MR) is 50.2 cm³/mol. The quantitative estimate of drug-likeness (QED) is 0.805. The first kappa shape index (κ1) is 9.57. The zero-order valence-corrected chi connectivity index (χ0v) is 7.88. The number of oxazole rings is 1. The molecular formula is C9H9N3O3. The van der Waals surface area contributed by atoms with Gasteiger partial charge in [0.25, 0.3) is 5.71 Å². The van der Waals surface area contributed by atoms with Gasteiger partial charge in [-0.05, 0) is 12.5 Å². The lowest BCUT2D eigenvalue weighted by Crippen LogP contribution is -1.95. The molecule has 6 nitrogen and oxygen atoms in total. The highest BCUT2D eigenvalue weighted by atomic mass is 16.4. The maximum Gasteiger partial charge on any atom is 0.303 e. The summed E-state index contributed by atoms with van der Waals surface area (Å²) in [7, 11) is 0. The number of rotatable bonds is 4. The average Bonchev–Trinajstić information content (AvgIpc) is 2.59. The first-order valence-electron chi connectivity index (χ1n) is 4.54. The van der Waals surface area contributed by atoms with E-state index in [1.807, 2.05) is 0 Å². The standard InChI is InChI=1S/C9H9N3O3/c13-8(14)3-1-2-7-11-6-4-5-10-12-9(6)15-7/h4-5H,1-3H2,(H,13,14). The van der Waals surface area contributed by atoms with Gasteiger partial charge in [-0.15, -0.1) is 5.10 Å². The monoisotopic (exact) mass is 207 g/mol. The van der Waals surface area contributed by atoms with Crippen LogP contribution in [0.25, 0.3) is 11.2 Å². The van der Waals surface area contributed by atoms with E-state index in [4.69, 9.17) is 9.52 Å². The number of carboxylic acid groups (broad SMARTS) is 1. The van der Waals surface area contributed by atoms with Crippen LogP contribution < -0.4 is 0 Å². The molecular weight excluding hydrogens is 198 g/mol. The van der Waals surface area contributed by atoms with Gasteiger partial charge in [0.1, 0.15) is 5.52 Å². The van der Waals surface area contributed by atoms with Crippen LogP contribution in [-0.2, 0) is 11.2 Å². The van der Waals surface area contributed by atoms with Gasteiger partial charge in [0.2, 0.25) is 0 Å². The fourth-order valence-electron chi connectivity index (χ4n) is 1.24. The van der Waals surface area contributed by atoms with E-state index in [0.29, 0.717) is 30.0 Å². The third-order valence-electron chi connectivity index (χ3n) is 1.91. The summed E-state index contributed by atoms with van der Waals surface area (Å²) in [5.41, 5.74) is 1.04. The van der Waals surface area contributed by atoms with E-state index in [2.05, 4.69) is 15.2 Å². The highest BCUT2D eigenvalue weighted by Crippen LogP contribution is 2.12. The van der Waals surface area contributed by atoms with Crippen molar-refractivity contribution in [1.82, 2.24) is 15.2 Å². The summed E-state index contributed by atoms with van der Waals surface area (Å²) in [4.78, 5) is 14.4. The Morgan fingerprint density at radius 1 is 1.53 bits per heavy atom. The molecule has 0 atom stereocenters. The minimum atomic E-state index is -0.814. The Morgan fingerprint density at radius 3 is 3.13 bits per heavy atom. The van der Waals surface area contributed by atoms with Gasteiger partial charge in [-0.1, -0.05) is 0 Å². The van der Waals surface area contributed by atoms with Crippen LogP contribution in [-0.4, -0.2) is 26.3 Å². The molecule has 0 fully saturated rings. The van der Waals surface area contributed by atoms with Gasteiger partial charge in [-0.3, -0.25) is 4.79 Å². The minimum Gasteiger partial charge on any atom is -0.481 e. The molecule has 0 aliphatic carbocycles. The maximum absolute atomic E-state index is 10.3. The van der Waals surface area contributed by atoms with Crippen molar-refractivity contribution in [3.63, 3.8) is 0 Å². The minimum absolute atomic E-state index is 0.115. The fourth-order valence-corrected chi connectivity index (χ4v) is 1.24. The molecule has 0 saturated carbocycles. The SMILES string of the molecule is O=C(O)CCCc1nc2ccnnc2o1. The average molecular weight is 207 g/mol. The lowest BCUT2D eigenvalue weighted by Gasteiger charge is -1.91. The number of aromatic nitrogens is 3. The van der Waals surface area contributed by atoms with Crippen molar-refractivity contribution in [2.75, 3.05) is 0 Å². The number of aryl methyl sites for hydroxylation is 1. The van der Waals surface area contributed by atoms with Crippen molar-refractivity contribution < 1.29 is 14.3 Å². The van der Waals surface area contributed by atoms with Gasteiger partial charge in [0.15, 0.2) is 5.89 Å². The van der Waals surface area contributed by atoms with Gasteiger partial charge in [0.05, 0.1) is 6.20 Å². The number of hydrogen-bond donors (Lipinski definition) is 1. The Balaban J connectivity index is 2.05. The summed E-state index contributed by atoms with van der Waals surface area (Å²) in [6, 6.07) is 1.70. The van der Waals surface area contributed by atoms with E-state index in [9.17, 15) is 4.79 Å². The smallest absolute Gasteiger partial charge is 0.303 e. The Hall–Kier alpha value is -1.98. The van der Waals surface area contributed by atoms with Gasteiger partial charge in [0, 0.05) is 12.8 Å². The van der Waals surface area contributed by atoms with Crippen molar-refractivity contribution in [1.29, 1.82) is 0 Å². The zero-order chi connectivity index (χ0) is 10.7. The zero-order valence-electron chi connectivity index (χ0n) is 7.88. The van der Waals surface area contributed by atoms with Crippen LogP contribution in [0.5, 0.6) is 0 Å². The van der Waals surface area contributed by atoms with Gasteiger partial charge in [-0.25, -0.2) is 4.98 Å². The lowest BCUT2D eigenvalue weighted by molar-refractivity contribution is -0.137. The largest absolute Gasteiger partial charge is 0.481 e. The highest BCUT2D eigenvalue weighted by molar-refractivity contribution is 5.67. The first-order chi connectivity index (χ1) is 7.25. The molecule has 0 aliphatic rings. The van der Waals surface area contributed by atoms with E-state index in [0.717, 1.165) is 0 Å². The molecule has 2 aromatic rings. The second kappa shape index (κ2) is 4.04. The molecule has 0 aliphatic heterocycles. The van der Waals surface area contributed by atoms with E-state index in [1.165, 1.54) is 6.20 Å². The van der Waals surface area contributed by atoms with Crippen molar-refractivity contribution in [3.8, 4) is 0 Å². The summed E-state index contributed by atoms with van der Waals surface area (Å²) in [6.07, 6.45) is 2.66. The maximum atomic E-state index is 10.3. The van der Waals surface area contributed by atoms with E-state index < -0.39 is 5.97 Å². The number of nitrogens with zero attached hydrogens (tertiary/aromatic N) is 3. The first-order valence-corrected chi connectivity index (χ1v) is 4.54. The molecule has 0 unspecified atom stereocenters. The summed E-state index contributed by atoms with van der Waals surface area (Å²) in [5, 5.41) is 15.9. The summed E-state index contributed by atoms with van der Waals surface area (Å²) in [5.74, 6) is -0.308. The number of aliphatic carboxylic acids is 1. The molecule has 2 aromatic heterocycles. The molecule has 0 aromatic carbocycles. The van der Waals surface area contributed by atoms with Crippen LogP contribution in [0, 0.1) is 0 Å². The molecule has 15 heavy (non-hydrogen) atoms. The molecule has 0 radical (unpaired) electrons. The second-order valence-electron chi connectivity index (χ2n) is 3.08. The van der Waals surface area contributed by atoms with E-state index >= 15 is 0 Å². The lowest BCUT2D eigenvalue weighted by atomic mass is 10.2. The van der Waals surface area contributed by atoms with Crippen LogP contribution >= 0.6 is 0 Å². The topological polar surface area (TPSA) is 89.1 Å². The molecule has 1 N–H and O–H groups in total. The van der Waals surface area contributed by atoms with E-state index in [1.54, 1.807) is 6.07 Å². The molecule has 78 valence electrons. The molecule has 0 spiro atoms. The Kier molecular flexibility index (Phi) is 2.57. The van der Waals surface area contributed by atoms with Crippen molar-refractivity contribution in [2.24, 2.45) is 0 Å². The van der Waals surface area contributed by atoms with Crippen molar-refractivity contribution >= 4 is 17.2 Å². The van der Waals surface area contributed by atoms with Crippen LogP contribution in [0.2, 0.25) is 0 Å². The van der Waals surface area contributed by atoms with Crippen LogP contribution in [0.4, 0.5) is 0 Å². The summed E-state index contributed by atoms with van der Waals surface area (Å²) in [6.45, 7) is 0. The second-order valence-corrected chi connectivity index (χ2v) is 3.08. The van der Waals surface area contributed by atoms with Crippen molar-refractivity contribution in [2.45, 2.75) is 19.3 Å².